The quantitative estimate of drug-likeness (QED) is 0.510. The van der Waals surface area contributed by atoms with Crippen LogP contribution in [0.1, 0.15) is 12.0 Å². The molecule has 162 valence electrons. The molecule has 3 rings (SSSR count). The summed E-state index contributed by atoms with van der Waals surface area (Å²) in [7, 11) is 4.63. The van der Waals surface area contributed by atoms with Crippen LogP contribution in [0, 0.1) is 5.82 Å². The lowest BCUT2D eigenvalue weighted by molar-refractivity contribution is -0.116. The SMILES string of the molecule is COc1ccc(CCC(=O)Nc2ccccc2Oc2cccc(F)c2)c(OC)c1OC. The van der Waals surface area contributed by atoms with E-state index in [-0.39, 0.29) is 12.3 Å². The van der Waals surface area contributed by atoms with Crippen molar-refractivity contribution in [1.29, 1.82) is 0 Å². The molecule has 0 spiro atoms. The zero-order chi connectivity index (χ0) is 22.2. The van der Waals surface area contributed by atoms with Crippen molar-refractivity contribution in [2.45, 2.75) is 12.8 Å². The van der Waals surface area contributed by atoms with E-state index in [0.717, 1.165) is 5.56 Å². The molecule has 1 amide bonds. The highest BCUT2D eigenvalue weighted by molar-refractivity contribution is 5.92. The molecule has 0 heterocycles. The van der Waals surface area contributed by atoms with Crippen LogP contribution in [0.4, 0.5) is 10.1 Å². The van der Waals surface area contributed by atoms with Gasteiger partial charge in [-0.25, -0.2) is 4.39 Å². The zero-order valence-corrected chi connectivity index (χ0v) is 17.6. The molecule has 0 aliphatic heterocycles. The largest absolute Gasteiger partial charge is 0.493 e. The minimum Gasteiger partial charge on any atom is -0.493 e. The summed E-state index contributed by atoms with van der Waals surface area (Å²) in [4.78, 5) is 12.6. The predicted octanol–water partition coefficient (Wildman–Crippen LogP) is 5.22. The van der Waals surface area contributed by atoms with E-state index in [1.54, 1.807) is 56.7 Å². The number of hydrogen-bond donors (Lipinski definition) is 1. The van der Waals surface area contributed by atoms with Gasteiger partial charge >= 0.3 is 0 Å². The molecule has 1 N–H and O–H groups in total. The van der Waals surface area contributed by atoms with Crippen LogP contribution < -0.4 is 24.3 Å². The number of rotatable bonds is 9. The van der Waals surface area contributed by atoms with E-state index in [9.17, 15) is 9.18 Å². The molecule has 31 heavy (non-hydrogen) atoms. The number of halogens is 1. The van der Waals surface area contributed by atoms with Gasteiger partial charge in [-0.3, -0.25) is 4.79 Å². The molecule has 0 unspecified atom stereocenters. The highest BCUT2D eigenvalue weighted by atomic mass is 19.1. The van der Waals surface area contributed by atoms with Gasteiger partial charge in [0.2, 0.25) is 11.7 Å². The molecular weight excluding hydrogens is 401 g/mol. The smallest absolute Gasteiger partial charge is 0.224 e. The Kier molecular flexibility index (Phi) is 7.32. The number of methoxy groups -OCH3 is 3. The van der Waals surface area contributed by atoms with Crippen LogP contribution in [-0.2, 0) is 11.2 Å². The first-order valence-electron chi connectivity index (χ1n) is 9.65. The number of benzene rings is 3. The number of aryl methyl sites for hydroxylation is 1. The molecule has 0 atom stereocenters. The summed E-state index contributed by atoms with van der Waals surface area (Å²) < 4.78 is 35.3. The van der Waals surface area contributed by atoms with Gasteiger partial charge in [0.05, 0.1) is 27.0 Å². The fourth-order valence-electron chi connectivity index (χ4n) is 3.14. The molecule has 3 aromatic rings. The average molecular weight is 425 g/mol. The summed E-state index contributed by atoms with van der Waals surface area (Å²) in [5.74, 6) is 1.73. The lowest BCUT2D eigenvalue weighted by atomic mass is 10.1. The summed E-state index contributed by atoms with van der Waals surface area (Å²) in [6.45, 7) is 0. The summed E-state index contributed by atoms with van der Waals surface area (Å²) >= 11 is 0. The van der Waals surface area contributed by atoms with Gasteiger partial charge < -0.3 is 24.3 Å². The highest BCUT2D eigenvalue weighted by Gasteiger charge is 2.17. The van der Waals surface area contributed by atoms with Crippen molar-refractivity contribution < 1.29 is 28.1 Å². The molecule has 3 aromatic carbocycles. The van der Waals surface area contributed by atoms with E-state index in [0.29, 0.717) is 40.9 Å². The number of hydrogen-bond acceptors (Lipinski definition) is 5. The van der Waals surface area contributed by atoms with Crippen molar-refractivity contribution in [3.8, 4) is 28.7 Å². The molecule has 0 fully saturated rings. The number of anilines is 1. The minimum atomic E-state index is -0.400. The van der Waals surface area contributed by atoms with Gasteiger partial charge in [0, 0.05) is 12.5 Å². The lowest BCUT2D eigenvalue weighted by Crippen LogP contribution is -2.13. The van der Waals surface area contributed by atoms with E-state index in [1.165, 1.54) is 19.2 Å². The summed E-state index contributed by atoms with van der Waals surface area (Å²) in [6.07, 6.45) is 0.641. The molecule has 0 aromatic heterocycles. The monoisotopic (exact) mass is 425 g/mol. The van der Waals surface area contributed by atoms with E-state index in [2.05, 4.69) is 5.32 Å². The van der Waals surface area contributed by atoms with Crippen LogP contribution >= 0.6 is 0 Å². The second kappa shape index (κ2) is 10.3. The van der Waals surface area contributed by atoms with Crippen molar-refractivity contribution in [1.82, 2.24) is 0 Å². The maximum absolute atomic E-state index is 13.4. The first kappa shape index (κ1) is 22.0. The Morgan fingerprint density at radius 1 is 0.871 bits per heavy atom. The summed E-state index contributed by atoms with van der Waals surface area (Å²) in [5.41, 5.74) is 1.32. The third-order valence-corrected chi connectivity index (χ3v) is 4.59. The molecule has 7 heteroatoms. The van der Waals surface area contributed by atoms with Gasteiger partial charge in [-0.1, -0.05) is 24.3 Å². The topological polar surface area (TPSA) is 66.0 Å². The van der Waals surface area contributed by atoms with Gasteiger partial charge in [0.15, 0.2) is 17.2 Å². The Hall–Kier alpha value is -3.74. The normalized spacial score (nSPS) is 10.3. The second-order valence-electron chi connectivity index (χ2n) is 6.60. The van der Waals surface area contributed by atoms with E-state index in [4.69, 9.17) is 18.9 Å². The van der Waals surface area contributed by atoms with Crippen molar-refractivity contribution in [2.24, 2.45) is 0 Å². The molecule has 0 radical (unpaired) electrons. The number of ether oxygens (including phenoxy) is 4. The molecule has 0 saturated carbocycles. The van der Waals surface area contributed by atoms with Crippen LogP contribution in [0.15, 0.2) is 60.7 Å². The Morgan fingerprint density at radius 2 is 1.65 bits per heavy atom. The Bertz CT molecular complexity index is 1050. The van der Waals surface area contributed by atoms with E-state index < -0.39 is 5.82 Å². The molecular formula is C24H24FNO5. The number of amides is 1. The fraction of sp³-hybridized carbons (Fsp3) is 0.208. The molecule has 0 aliphatic carbocycles. The number of carbonyl (C=O) groups is 1. The van der Waals surface area contributed by atoms with Gasteiger partial charge in [-0.15, -0.1) is 0 Å². The van der Waals surface area contributed by atoms with Crippen LogP contribution in [0.3, 0.4) is 0 Å². The maximum Gasteiger partial charge on any atom is 0.224 e. The summed E-state index contributed by atoms with van der Waals surface area (Å²) in [6, 6.07) is 16.4. The van der Waals surface area contributed by atoms with Crippen LogP contribution in [0.25, 0.3) is 0 Å². The van der Waals surface area contributed by atoms with Gasteiger partial charge in [-0.2, -0.15) is 0 Å². The van der Waals surface area contributed by atoms with Crippen LogP contribution in [0.2, 0.25) is 0 Å². The first-order chi connectivity index (χ1) is 15.0. The zero-order valence-electron chi connectivity index (χ0n) is 17.6. The molecule has 6 nitrogen and oxygen atoms in total. The fourth-order valence-corrected chi connectivity index (χ4v) is 3.14. The highest BCUT2D eigenvalue weighted by Crippen LogP contribution is 2.40. The van der Waals surface area contributed by atoms with Crippen molar-refractivity contribution in [3.05, 3.63) is 72.0 Å². The summed E-state index contributed by atoms with van der Waals surface area (Å²) in [5, 5.41) is 2.85. The first-order valence-corrected chi connectivity index (χ1v) is 9.65. The number of para-hydroxylation sites is 2. The molecule has 0 aliphatic rings. The predicted molar refractivity (Wildman–Crippen MR) is 116 cm³/mol. The van der Waals surface area contributed by atoms with Gasteiger partial charge in [-0.05, 0) is 42.3 Å². The van der Waals surface area contributed by atoms with Crippen molar-refractivity contribution in [2.75, 3.05) is 26.6 Å². The number of carbonyl (C=O) groups excluding carboxylic acids is 1. The maximum atomic E-state index is 13.4. The second-order valence-corrected chi connectivity index (χ2v) is 6.60. The third kappa shape index (κ3) is 5.45. The Labute approximate surface area is 180 Å². The van der Waals surface area contributed by atoms with E-state index >= 15 is 0 Å². The lowest BCUT2D eigenvalue weighted by Gasteiger charge is -2.16. The Morgan fingerprint density at radius 3 is 2.35 bits per heavy atom. The average Bonchev–Trinajstić information content (AvgIpc) is 2.78. The van der Waals surface area contributed by atoms with Gasteiger partial charge in [0.1, 0.15) is 11.6 Å². The van der Waals surface area contributed by atoms with Gasteiger partial charge in [0.25, 0.3) is 0 Å². The third-order valence-electron chi connectivity index (χ3n) is 4.59. The van der Waals surface area contributed by atoms with E-state index in [1.807, 2.05) is 6.07 Å². The van der Waals surface area contributed by atoms with Crippen LogP contribution in [0.5, 0.6) is 28.7 Å². The minimum absolute atomic E-state index is 0.202. The Balaban J connectivity index is 1.70. The van der Waals surface area contributed by atoms with Crippen molar-refractivity contribution >= 4 is 11.6 Å². The number of nitrogens with one attached hydrogen (secondary N) is 1. The van der Waals surface area contributed by atoms with Crippen LogP contribution in [-0.4, -0.2) is 27.2 Å². The molecule has 0 bridgehead atoms. The standard InChI is InChI=1S/C24H24FNO5/c1-28-21-13-11-16(23(29-2)24(21)30-3)12-14-22(27)26-19-9-4-5-10-20(19)31-18-8-6-7-17(25)15-18/h4-11,13,15H,12,14H2,1-3H3,(H,26,27). The van der Waals surface area contributed by atoms with Crippen molar-refractivity contribution in [3.63, 3.8) is 0 Å². The molecule has 0 saturated heterocycles.